The lowest BCUT2D eigenvalue weighted by Gasteiger charge is -2.22. The Kier molecular flexibility index (Phi) is 10.6. The summed E-state index contributed by atoms with van der Waals surface area (Å²) in [6.45, 7) is 2.78. The normalized spacial score (nSPS) is 26.0. The van der Waals surface area contributed by atoms with Gasteiger partial charge in [0.1, 0.15) is 0 Å². The third-order valence-electron chi connectivity index (χ3n) is 4.52. The number of hydrogen-bond donors (Lipinski definition) is 3. The number of hydrogen-bond acceptors (Lipinski definition) is 4. The molecule has 7 heteroatoms. The number of alkyl carbamates (subject to hydrolysis) is 1. The number of halogens is 1. The second-order valence-electron chi connectivity index (χ2n) is 6.52. The fourth-order valence-electron chi connectivity index (χ4n) is 3.02. The summed E-state index contributed by atoms with van der Waals surface area (Å²) in [5, 5.41) is 21.3. The van der Waals surface area contributed by atoms with Gasteiger partial charge in [-0.2, -0.15) is 0 Å². The Bertz CT molecular complexity index is 443. The highest BCUT2D eigenvalue weighted by atomic mass is 35.5. The number of alkyl halides is 1. The Hall–Kier alpha value is -1.27. The smallest absolute Gasteiger partial charge is 0.407 e. The molecule has 144 valence electrons. The van der Waals surface area contributed by atoms with E-state index in [0.717, 1.165) is 12.8 Å². The fourth-order valence-corrected chi connectivity index (χ4v) is 3.50. The Morgan fingerprint density at radius 2 is 2.04 bits per heavy atom. The maximum Gasteiger partial charge on any atom is 0.407 e. The third kappa shape index (κ3) is 8.59. The van der Waals surface area contributed by atoms with Crippen molar-refractivity contribution in [3.05, 3.63) is 12.2 Å². The molecule has 3 N–H and O–H groups in total. The number of aliphatic carboxylic acids is 1. The minimum absolute atomic E-state index is 0.0378. The second kappa shape index (κ2) is 12.1. The highest BCUT2D eigenvalue weighted by molar-refractivity contribution is 6.21. The molecule has 1 aliphatic rings. The van der Waals surface area contributed by atoms with Gasteiger partial charge in [0.15, 0.2) is 0 Å². The number of allylic oxidation sites excluding steroid dienone is 2. The van der Waals surface area contributed by atoms with E-state index in [-0.39, 0.29) is 30.2 Å². The average Bonchev–Trinajstić information content (AvgIpc) is 2.82. The lowest BCUT2D eigenvalue weighted by molar-refractivity contribution is -0.137. The van der Waals surface area contributed by atoms with Gasteiger partial charge in [0, 0.05) is 24.3 Å². The first kappa shape index (κ1) is 21.8. The lowest BCUT2D eigenvalue weighted by atomic mass is 9.92. The van der Waals surface area contributed by atoms with Crippen LogP contribution in [0.2, 0.25) is 0 Å². The summed E-state index contributed by atoms with van der Waals surface area (Å²) < 4.78 is 5.23. The first-order chi connectivity index (χ1) is 12.0. The Labute approximate surface area is 154 Å². The monoisotopic (exact) mass is 375 g/mol. The molecule has 0 unspecified atom stereocenters. The third-order valence-corrected chi connectivity index (χ3v) is 5.02. The van der Waals surface area contributed by atoms with Crippen LogP contribution >= 0.6 is 11.6 Å². The predicted molar refractivity (Wildman–Crippen MR) is 96.7 cm³/mol. The van der Waals surface area contributed by atoms with Gasteiger partial charge < -0.3 is 20.3 Å². The van der Waals surface area contributed by atoms with Crippen LogP contribution in [-0.2, 0) is 9.53 Å². The van der Waals surface area contributed by atoms with Gasteiger partial charge in [-0.25, -0.2) is 4.79 Å². The molecule has 4 atom stereocenters. The molecule has 0 aromatic carbocycles. The van der Waals surface area contributed by atoms with Crippen molar-refractivity contribution in [3.8, 4) is 0 Å². The number of nitrogens with one attached hydrogen (secondary N) is 1. The van der Waals surface area contributed by atoms with Crippen LogP contribution in [0.4, 0.5) is 4.79 Å². The molecule has 0 aromatic rings. The van der Waals surface area contributed by atoms with Crippen LogP contribution in [0.1, 0.15) is 51.9 Å². The highest BCUT2D eigenvalue weighted by Gasteiger charge is 2.41. The predicted octanol–water partition coefficient (Wildman–Crippen LogP) is 3.32. The van der Waals surface area contributed by atoms with E-state index in [1.165, 1.54) is 0 Å². The highest BCUT2D eigenvalue weighted by Crippen LogP contribution is 2.38. The van der Waals surface area contributed by atoms with E-state index in [4.69, 9.17) is 21.4 Å². The summed E-state index contributed by atoms with van der Waals surface area (Å²) in [4.78, 5) is 22.1. The van der Waals surface area contributed by atoms with Crippen LogP contribution in [0.15, 0.2) is 12.2 Å². The first-order valence-electron chi connectivity index (χ1n) is 9.05. The van der Waals surface area contributed by atoms with Crippen molar-refractivity contribution in [3.63, 3.8) is 0 Å². The van der Waals surface area contributed by atoms with Gasteiger partial charge in [-0.3, -0.25) is 4.79 Å². The Morgan fingerprint density at radius 1 is 1.28 bits per heavy atom. The molecular formula is C18H30ClNO5. The van der Waals surface area contributed by atoms with E-state index in [2.05, 4.69) is 5.32 Å². The van der Waals surface area contributed by atoms with Gasteiger partial charge in [-0.05, 0) is 38.0 Å². The number of carboxylic acid groups (broad SMARTS) is 1. The van der Waals surface area contributed by atoms with Crippen molar-refractivity contribution in [2.75, 3.05) is 13.2 Å². The van der Waals surface area contributed by atoms with Crippen molar-refractivity contribution in [1.29, 1.82) is 0 Å². The summed E-state index contributed by atoms with van der Waals surface area (Å²) in [6, 6.07) is 0. The number of aliphatic hydroxyl groups excluding tert-OH is 1. The molecule has 25 heavy (non-hydrogen) atoms. The molecule has 0 bridgehead atoms. The zero-order chi connectivity index (χ0) is 18.7. The number of aliphatic hydroxyl groups is 1. The summed E-state index contributed by atoms with van der Waals surface area (Å²) >= 11 is 6.34. The van der Waals surface area contributed by atoms with Gasteiger partial charge >= 0.3 is 12.1 Å². The molecule has 0 heterocycles. The van der Waals surface area contributed by atoms with Gasteiger partial charge in [-0.1, -0.05) is 25.5 Å². The number of ether oxygens (including phenoxy) is 1. The zero-order valence-electron chi connectivity index (χ0n) is 14.8. The number of rotatable bonds is 11. The summed E-state index contributed by atoms with van der Waals surface area (Å²) in [6.07, 6.45) is 7.45. The van der Waals surface area contributed by atoms with Crippen LogP contribution in [0.3, 0.4) is 0 Å². The van der Waals surface area contributed by atoms with Crippen LogP contribution in [-0.4, -0.2) is 46.9 Å². The van der Waals surface area contributed by atoms with E-state index < -0.39 is 18.2 Å². The molecule has 1 rings (SSSR count). The summed E-state index contributed by atoms with van der Waals surface area (Å²) in [5.41, 5.74) is 0. The van der Waals surface area contributed by atoms with E-state index in [1.807, 2.05) is 19.1 Å². The summed E-state index contributed by atoms with van der Waals surface area (Å²) in [5.74, 6) is -0.929. The Morgan fingerprint density at radius 3 is 2.72 bits per heavy atom. The number of unbranched alkanes of at least 4 members (excludes halogenated alkanes) is 2. The average molecular weight is 376 g/mol. The quantitative estimate of drug-likeness (QED) is 0.292. The van der Waals surface area contributed by atoms with Crippen molar-refractivity contribution in [1.82, 2.24) is 5.32 Å². The number of carboxylic acids is 1. The molecule has 1 saturated carbocycles. The molecule has 0 spiro atoms. The van der Waals surface area contributed by atoms with E-state index in [9.17, 15) is 14.7 Å². The molecule has 6 nitrogen and oxygen atoms in total. The standard InChI is InChI=1S/C18H30ClNO5/c1-2-3-10-20-18(24)25-12-14-13(15(19)11-16(14)21)8-6-4-5-7-9-17(22)23/h4,6,13-16,21H,2-3,5,7-12H2,1H3,(H,20,24)(H,22,23)/b6-4-/t13-,14-,15-,16-/m1/s1. The van der Waals surface area contributed by atoms with Crippen LogP contribution in [0.25, 0.3) is 0 Å². The van der Waals surface area contributed by atoms with Crippen molar-refractivity contribution in [2.24, 2.45) is 11.8 Å². The van der Waals surface area contributed by atoms with Crippen LogP contribution in [0.5, 0.6) is 0 Å². The van der Waals surface area contributed by atoms with Crippen LogP contribution in [0, 0.1) is 11.8 Å². The molecular weight excluding hydrogens is 346 g/mol. The van der Waals surface area contributed by atoms with E-state index >= 15 is 0 Å². The van der Waals surface area contributed by atoms with Gasteiger partial charge in [-0.15, -0.1) is 11.6 Å². The molecule has 0 saturated heterocycles. The number of carbonyl (C=O) groups excluding carboxylic acids is 1. The van der Waals surface area contributed by atoms with Gasteiger partial charge in [0.25, 0.3) is 0 Å². The molecule has 1 aliphatic carbocycles. The van der Waals surface area contributed by atoms with E-state index in [0.29, 0.717) is 32.2 Å². The summed E-state index contributed by atoms with van der Waals surface area (Å²) in [7, 11) is 0. The second-order valence-corrected chi connectivity index (χ2v) is 7.08. The molecule has 1 amide bonds. The molecule has 1 fully saturated rings. The maximum absolute atomic E-state index is 11.6. The first-order valence-corrected chi connectivity index (χ1v) is 9.48. The van der Waals surface area contributed by atoms with Crippen LogP contribution < -0.4 is 5.32 Å². The molecule has 0 aromatic heterocycles. The molecule has 0 aliphatic heterocycles. The topological polar surface area (TPSA) is 95.9 Å². The SMILES string of the molecule is CCCCNC(=O)OC[C@@H]1[C@@H](C/C=C\CCCC(=O)O)[C@H](Cl)C[C@H]1O. The minimum Gasteiger partial charge on any atom is -0.481 e. The van der Waals surface area contributed by atoms with Gasteiger partial charge in [0.2, 0.25) is 0 Å². The van der Waals surface area contributed by atoms with Crippen molar-refractivity contribution in [2.45, 2.75) is 63.4 Å². The fraction of sp³-hybridized carbons (Fsp3) is 0.778. The lowest BCUT2D eigenvalue weighted by Crippen LogP contribution is -2.31. The zero-order valence-corrected chi connectivity index (χ0v) is 15.6. The minimum atomic E-state index is -0.789. The van der Waals surface area contributed by atoms with E-state index in [1.54, 1.807) is 0 Å². The number of carbonyl (C=O) groups is 2. The van der Waals surface area contributed by atoms with Crippen molar-refractivity contribution < 1.29 is 24.5 Å². The number of amides is 1. The van der Waals surface area contributed by atoms with Gasteiger partial charge in [0.05, 0.1) is 12.7 Å². The largest absolute Gasteiger partial charge is 0.481 e. The Balaban J connectivity index is 2.38. The molecule has 0 radical (unpaired) electrons. The van der Waals surface area contributed by atoms with Crippen molar-refractivity contribution >= 4 is 23.7 Å². The maximum atomic E-state index is 11.6.